The predicted molar refractivity (Wildman–Crippen MR) is 130 cm³/mol. The zero-order chi connectivity index (χ0) is 23.0. The molecule has 0 atom stereocenters. The maximum atomic E-state index is 12.6. The molecule has 2 heterocycles. The van der Waals surface area contributed by atoms with Gasteiger partial charge in [0.05, 0.1) is 18.4 Å². The van der Waals surface area contributed by atoms with Crippen molar-refractivity contribution < 1.29 is 9.59 Å². The van der Waals surface area contributed by atoms with Crippen molar-refractivity contribution in [3.63, 3.8) is 0 Å². The van der Waals surface area contributed by atoms with Gasteiger partial charge in [0.1, 0.15) is 0 Å². The van der Waals surface area contributed by atoms with Gasteiger partial charge in [0, 0.05) is 49.7 Å². The number of nitrogens with zero attached hydrogens (tertiary/aromatic N) is 4. The van der Waals surface area contributed by atoms with Crippen LogP contribution in [0.3, 0.4) is 0 Å². The Kier molecular flexibility index (Phi) is 7.32. The van der Waals surface area contributed by atoms with E-state index < -0.39 is 0 Å². The minimum Gasteiger partial charge on any atom is -0.337 e. The van der Waals surface area contributed by atoms with Gasteiger partial charge in [-0.2, -0.15) is 5.10 Å². The third-order valence-corrected chi connectivity index (χ3v) is 5.77. The normalized spacial score (nSPS) is 14.5. The van der Waals surface area contributed by atoms with Crippen molar-refractivity contribution in [1.29, 1.82) is 0 Å². The summed E-state index contributed by atoms with van der Waals surface area (Å²) < 4.78 is 1.78. The third-order valence-electron chi connectivity index (χ3n) is 5.77. The Morgan fingerprint density at radius 1 is 1.00 bits per heavy atom. The van der Waals surface area contributed by atoms with Crippen LogP contribution in [0.2, 0.25) is 0 Å². The summed E-state index contributed by atoms with van der Waals surface area (Å²) >= 11 is 0. The number of para-hydroxylation sites is 2. The number of hydrogen-bond donors (Lipinski definition) is 1. The summed E-state index contributed by atoms with van der Waals surface area (Å²) in [4.78, 5) is 29.0. The number of benzene rings is 2. The lowest BCUT2D eigenvalue weighted by molar-refractivity contribution is -0.127. The van der Waals surface area contributed by atoms with E-state index in [0.29, 0.717) is 32.7 Å². The lowest BCUT2D eigenvalue weighted by Gasteiger charge is -2.33. The molecule has 0 unspecified atom stereocenters. The van der Waals surface area contributed by atoms with Gasteiger partial charge in [0.25, 0.3) is 0 Å². The van der Waals surface area contributed by atoms with Crippen molar-refractivity contribution in [1.82, 2.24) is 19.6 Å². The van der Waals surface area contributed by atoms with Crippen LogP contribution in [-0.4, -0.2) is 64.1 Å². The highest BCUT2D eigenvalue weighted by Crippen LogP contribution is 2.15. The van der Waals surface area contributed by atoms with Crippen molar-refractivity contribution in [3.8, 4) is 5.69 Å². The first-order valence-corrected chi connectivity index (χ1v) is 11.3. The molecule has 0 bridgehead atoms. The standard InChI is InChI=1S/C26H29N5O2/c1-2-22-8-6-7-11-24(22)28-25(32)20-29-14-16-30(17-15-29)26(33)13-12-21-18-27-31(19-21)23-9-4-3-5-10-23/h3-13,18-19H,2,14-17,20H2,1H3,(H,28,32)/b13-12+. The van der Waals surface area contributed by atoms with Crippen LogP contribution in [0.25, 0.3) is 11.8 Å². The molecule has 4 rings (SSSR count). The van der Waals surface area contributed by atoms with E-state index in [4.69, 9.17) is 0 Å². The van der Waals surface area contributed by atoms with Gasteiger partial charge in [-0.3, -0.25) is 14.5 Å². The number of rotatable bonds is 7. The maximum Gasteiger partial charge on any atom is 0.246 e. The number of aromatic nitrogens is 2. The highest BCUT2D eigenvalue weighted by molar-refractivity contribution is 5.93. The van der Waals surface area contributed by atoms with Gasteiger partial charge in [-0.15, -0.1) is 0 Å². The lowest BCUT2D eigenvalue weighted by atomic mass is 10.1. The SMILES string of the molecule is CCc1ccccc1NC(=O)CN1CCN(C(=O)/C=C/c2cnn(-c3ccccc3)c2)CC1. The number of nitrogens with one attached hydrogen (secondary N) is 1. The summed E-state index contributed by atoms with van der Waals surface area (Å²) in [6, 6.07) is 17.7. The summed E-state index contributed by atoms with van der Waals surface area (Å²) in [6.07, 6.45) is 7.89. The van der Waals surface area contributed by atoms with E-state index in [1.807, 2.05) is 65.7 Å². The van der Waals surface area contributed by atoms with E-state index in [1.165, 1.54) is 0 Å². The molecule has 33 heavy (non-hydrogen) atoms. The van der Waals surface area contributed by atoms with E-state index in [1.54, 1.807) is 23.0 Å². The van der Waals surface area contributed by atoms with Gasteiger partial charge in [-0.1, -0.05) is 43.3 Å². The van der Waals surface area contributed by atoms with E-state index in [2.05, 4.69) is 22.2 Å². The van der Waals surface area contributed by atoms with Gasteiger partial charge >= 0.3 is 0 Å². The molecule has 3 aromatic rings. The summed E-state index contributed by atoms with van der Waals surface area (Å²) in [7, 11) is 0. The smallest absolute Gasteiger partial charge is 0.246 e. The lowest BCUT2D eigenvalue weighted by Crippen LogP contribution is -2.50. The molecule has 0 radical (unpaired) electrons. The number of aryl methyl sites for hydroxylation is 1. The van der Waals surface area contributed by atoms with Crippen LogP contribution < -0.4 is 5.32 Å². The van der Waals surface area contributed by atoms with Crippen LogP contribution in [0.4, 0.5) is 5.69 Å². The molecular weight excluding hydrogens is 414 g/mol. The van der Waals surface area contributed by atoms with Crippen molar-refractivity contribution in [2.24, 2.45) is 0 Å². The molecule has 1 saturated heterocycles. The fourth-order valence-electron chi connectivity index (χ4n) is 3.89. The van der Waals surface area contributed by atoms with Crippen LogP contribution in [0, 0.1) is 0 Å². The quantitative estimate of drug-likeness (QED) is 0.569. The molecule has 1 aromatic heterocycles. The number of anilines is 1. The number of carbonyl (C=O) groups is 2. The van der Waals surface area contributed by atoms with Crippen LogP contribution in [0.1, 0.15) is 18.1 Å². The number of carbonyl (C=O) groups excluding carboxylic acids is 2. The molecule has 0 spiro atoms. The van der Waals surface area contributed by atoms with Crippen LogP contribution in [-0.2, 0) is 16.0 Å². The predicted octanol–water partition coefficient (Wildman–Crippen LogP) is 3.23. The Labute approximate surface area is 194 Å². The first-order valence-electron chi connectivity index (χ1n) is 11.3. The second kappa shape index (κ2) is 10.7. The van der Waals surface area contributed by atoms with E-state index >= 15 is 0 Å². The second-order valence-corrected chi connectivity index (χ2v) is 8.05. The second-order valence-electron chi connectivity index (χ2n) is 8.05. The van der Waals surface area contributed by atoms with Gasteiger partial charge < -0.3 is 10.2 Å². The molecule has 7 nitrogen and oxygen atoms in total. The largest absolute Gasteiger partial charge is 0.337 e. The van der Waals surface area contributed by atoms with Crippen molar-refractivity contribution >= 4 is 23.6 Å². The maximum absolute atomic E-state index is 12.6. The zero-order valence-corrected chi connectivity index (χ0v) is 18.9. The molecule has 2 aromatic carbocycles. The Hall–Kier alpha value is -3.71. The average molecular weight is 444 g/mol. The number of amides is 2. The first kappa shape index (κ1) is 22.5. The minimum atomic E-state index is -0.0246. The topological polar surface area (TPSA) is 70.5 Å². The highest BCUT2D eigenvalue weighted by Gasteiger charge is 2.21. The summed E-state index contributed by atoms with van der Waals surface area (Å²) in [5, 5.41) is 7.37. The van der Waals surface area contributed by atoms with Crippen LogP contribution >= 0.6 is 0 Å². The van der Waals surface area contributed by atoms with Crippen LogP contribution in [0.5, 0.6) is 0 Å². The van der Waals surface area contributed by atoms with Crippen LogP contribution in [0.15, 0.2) is 73.1 Å². The third kappa shape index (κ3) is 5.96. The number of piperazine rings is 1. The van der Waals surface area contributed by atoms with Gasteiger partial charge in [-0.25, -0.2) is 4.68 Å². The fraction of sp³-hybridized carbons (Fsp3) is 0.269. The molecule has 170 valence electrons. The molecule has 2 amide bonds. The van der Waals surface area contributed by atoms with Gasteiger partial charge in [0.15, 0.2) is 0 Å². The molecule has 1 fully saturated rings. The molecule has 7 heteroatoms. The Morgan fingerprint density at radius 3 is 2.48 bits per heavy atom. The van der Waals surface area contributed by atoms with Gasteiger partial charge in [0.2, 0.25) is 11.8 Å². The first-order chi connectivity index (χ1) is 16.1. The van der Waals surface area contributed by atoms with E-state index in [9.17, 15) is 9.59 Å². The number of hydrogen-bond acceptors (Lipinski definition) is 4. The summed E-state index contributed by atoms with van der Waals surface area (Å²) in [5.41, 5.74) is 3.85. The average Bonchev–Trinajstić information content (AvgIpc) is 3.33. The molecule has 0 aliphatic carbocycles. The van der Waals surface area contributed by atoms with Crippen molar-refractivity contribution in [3.05, 3.63) is 84.2 Å². The van der Waals surface area contributed by atoms with E-state index in [-0.39, 0.29) is 11.8 Å². The monoisotopic (exact) mass is 443 g/mol. The molecule has 1 aliphatic rings. The highest BCUT2D eigenvalue weighted by atomic mass is 16.2. The zero-order valence-electron chi connectivity index (χ0n) is 18.9. The van der Waals surface area contributed by atoms with E-state index in [0.717, 1.165) is 28.9 Å². The fourth-order valence-corrected chi connectivity index (χ4v) is 3.89. The Morgan fingerprint density at radius 2 is 1.73 bits per heavy atom. The van der Waals surface area contributed by atoms with Gasteiger partial charge in [-0.05, 0) is 36.3 Å². The summed E-state index contributed by atoms with van der Waals surface area (Å²) in [5.74, 6) is -0.0468. The van der Waals surface area contributed by atoms with Crippen molar-refractivity contribution in [2.45, 2.75) is 13.3 Å². The molecule has 0 saturated carbocycles. The minimum absolute atomic E-state index is 0.0222. The molecule has 1 aliphatic heterocycles. The molecule has 1 N–H and O–H groups in total. The summed E-state index contributed by atoms with van der Waals surface area (Å²) in [6.45, 7) is 4.96. The van der Waals surface area contributed by atoms with Crippen molar-refractivity contribution in [2.75, 3.05) is 38.0 Å². The Bertz CT molecular complexity index is 1110. The Balaban J connectivity index is 1.24. The molecular formula is C26H29N5O2.